The number of guanidine groups is 1. The van der Waals surface area contributed by atoms with Crippen LogP contribution in [0, 0.1) is 0 Å². The molecule has 0 saturated carbocycles. The van der Waals surface area contributed by atoms with E-state index in [4.69, 9.17) is 16.4 Å². The minimum atomic E-state index is -2.32. The highest BCUT2D eigenvalue weighted by Crippen LogP contribution is 2.29. The van der Waals surface area contributed by atoms with Gasteiger partial charge < -0.3 is 0 Å². The van der Waals surface area contributed by atoms with Crippen LogP contribution in [0.3, 0.4) is 0 Å². The van der Waals surface area contributed by atoms with Crippen molar-refractivity contribution in [3.8, 4) is 0 Å². The van der Waals surface area contributed by atoms with Crippen LogP contribution in [0.15, 0.2) is 0 Å². The van der Waals surface area contributed by atoms with Crippen molar-refractivity contribution in [2.75, 3.05) is 0 Å². The van der Waals surface area contributed by atoms with Gasteiger partial charge in [-0.3, -0.25) is 11.5 Å². The summed E-state index contributed by atoms with van der Waals surface area (Å²) in [6, 6.07) is 0. The van der Waals surface area contributed by atoms with Crippen molar-refractivity contribution in [2.24, 2.45) is 11.5 Å². The molecule has 0 rings (SSSR count). The van der Waals surface area contributed by atoms with E-state index in [1.165, 1.54) is 0 Å². The molecule has 0 heterocycles. The second-order valence-corrected chi connectivity index (χ2v) is 4.20. The van der Waals surface area contributed by atoms with Gasteiger partial charge >= 0.3 is 14.0 Å². The lowest BCUT2D eigenvalue weighted by Crippen LogP contribution is -2.89. The zero-order valence-electron chi connectivity index (χ0n) is 6.46. The predicted octanol–water partition coefficient (Wildman–Crippen LogP) is -2.68. The molecule has 64 valence electrons. The van der Waals surface area contributed by atoms with E-state index in [0.29, 0.717) is 0 Å². The van der Waals surface area contributed by atoms with Crippen LogP contribution < -0.4 is 22.0 Å². The lowest BCUT2D eigenvalue weighted by Gasteiger charge is -2.07. The molecule has 0 saturated heterocycles. The van der Waals surface area contributed by atoms with Crippen LogP contribution in [0.1, 0.15) is 13.8 Å². The molecule has 7 N–H and O–H groups in total. The van der Waals surface area contributed by atoms with Gasteiger partial charge in [-0.25, -0.2) is 5.43 Å². The lowest BCUT2D eigenvalue weighted by atomic mass is 10.4. The SMILES string of the molecule is CC(C)(N[NH+]=C(N)N)[P+](=O)O. The highest BCUT2D eigenvalue weighted by Gasteiger charge is 2.39. The second-order valence-electron chi connectivity index (χ2n) is 2.54. The number of hydrazine groups is 1. The van der Waals surface area contributed by atoms with E-state index in [0.717, 1.165) is 0 Å². The maximum atomic E-state index is 10.6. The summed E-state index contributed by atoms with van der Waals surface area (Å²) in [5, 5.41) is 1.40. The van der Waals surface area contributed by atoms with Crippen molar-refractivity contribution in [3.05, 3.63) is 0 Å². The van der Waals surface area contributed by atoms with Crippen molar-refractivity contribution in [3.63, 3.8) is 0 Å². The monoisotopic (exact) mass is 180 g/mol. The summed E-state index contributed by atoms with van der Waals surface area (Å²) in [5.74, 6) is -0.0464. The predicted molar refractivity (Wildman–Crippen MR) is 41.4 cm³/mol. The topological polar surface area (TPSA) is 115 Å². The summed E-state index contributed by atoms with van der Waals surface area (Å²) in [7, 11) is -2.32. The number of hydrogen-bond acceptors (Lipinski definition) is 2. The Kier molecular flexibility index (Phi) is 3.22. The Morgan fingerprint density at radius 2 is 2.09 bits per heavy atom. The van der Waals surface area contributed by atoms with E-state index < -0.39 is 13.3 Å². The molecule has 0 aromatic heterocycles. The molecule has 0 aliphatic carbocycles. The third-order valence-corrected chi connectivity index (χ3v) is 2.06. The van der Waals surface area contributed by atoms with Gasteiger partial charge in [-0.15, -0.1) is 0 Å². The molecular weight excluding hydrogens is 167 g/mol. The van der Waals surface area contributed by atoms with Gasteiger partial charge in [-0.2, -0.15) is 9.99 Å². The van der Waals surface area contributed by atoms with Crippen LogP contribution in [-0.4, -0.2) is 16.1 Å². The van der Waals surface area contributed by atoms with E-state index >= 15 is 0 Å². The lowest BCUT2D eigenvalue weighted by molar-refractivity contribution is -0.537. The first-order valence-corrected chi connectivity index (χ1v) is 4.15. The molecule has 0 aromatic rings. The molecule has 0 aromatic carbocycles. The van der Waals surface area contributed by atoms with Crippen LogP contribution in [-0.2, 0) is 4.57 Å². The first-order valence-electron chi connectivity index (χ1n) is 2.93. The first kappa shape index (κ1) is 10.1. The van der Waals surface area contributed by atoms with Gasteiger partial charge in [0.25, 0.3) is 5.28 Å². The normalized spacial score (nSPS) is 12.1. The molecular formula is C4H13N4O2P+2. The van der Waals surface area contributed by atoms with Crippen LogP contribution in [0.25, 0.3) is 0 Å². The van der Waals surface area contributed by atoms with Gasteiger partial charge in [0.15, 0.2) is 0 Å². The molecule has 0 fully saturated rings. The molecule has 0 bridgehead atoms. The average Bonchev–Trinajstić information content (AvgIpc) is 1.84. The number of nitrogens with two attached hydrogens (primary N) is 2. The van der Waals surface area contributed by atoms with Crippen molar-refractivity contribution in [2.45, 2.75) is 19.1 Å². The Morgan fingerprint density at radius 1 is 1.64 bits per heavy atom. The smallest absolute Gasteiger partial charge is 0.289 e. The highest BCUT2D eigenvalue weighted by atomic mass is 31.1. The van der Waals surface area contributed by atoms with Gasteiger partial charge in [0.1, 0.15) is 0 Å². The summed E-state index contributed by atoms with van der Waals surface area (Å²) in [4.78, 5) is 8.71. The molecule has 0 amide bonds. The second kappa shape index (κ2) is 3.50. The van der Waals surface area contributed by atoms with Crippen LogP contribution >= 0.6 is 8.03 Å². The first-order chi connectivity index (χ1) is 4.86. The van der Waals surface area contributed by atoms with Gasteiger partial charge in [0, 0.05) is 13.8 Å². The minimum Gasteiger partial charge on any atom is -0.289 e. The molecule has 0 aliphatic rings. The number of nitrogens with one attached hydrogen (secondary N) is 2. The zero-order valence-corrected chi connectivity index (χ0v) is 7.35. The van der Waals surface area contributed by atoms with E-state index in [-0.39, 0.29) is 5.96 Å². The maximum Gasteiger partial charge on any atom is 0.535 e. The third kappa shape index (κ3) is 3.75. The standard InChI is InChI=1S/C4H11N4O2P/c1-4(2,11(9)10)8-7-3(5)6/h8H,1-2H3,(H4-,5,6,7,9,10)/p+2. The number of hydrogen-bond donors (Lipinski definition) is 5. The Bertz CT molecular complexity index is 187. The average molecular weight is 180 g/mol. The molecule has 11 heavy (non-hydrogen) atoms. The molecule has 6 nitrogen and oxygen atoms in total. The third-order valence-electron chi connectivity index (χ3n) is 0.991. The maximum absolute atomic E-state index is 10.6. The van der Waals surface area contributed by atoms with Crippen molar-refractivity contribution < 1.29 is 14.6 Å². The largest absolute Gasteiger partial charge is 0.535 e. The molecule has 7 heteroatoms. The number of rotatable bonds is 3. The quantitative estimate of drug-likeness (QED) is 0.140. The summed E-state index contributed by atoms with van der Waals surface area (Å²) < 4.78 is 10.6. The number of hydrazone groups is 1. The highest BCUT2D eigenvalue weighted by molar-refractivity contribution is 7.39. The van der Waals surface area contributed by atoms with Crippen molar-refractivity contribution in [1.82, 2.24) is 5.43 Å². The molecule has 0 aliphatic heterocycles. The van der Waals surface area contributed by atoms with Gasteiger partial charge in [-0.1, -0.05) is 0 Å². The molecule has 1 atom stereocenters. The van der Waals surface area contributed by atoms with Crippen LogP contribution in [0.4, 0.5) is 0 Å². The zero-order chi connectivity index (χ0) is 9.07. The van der Waals surface area contributed by atoms with Crippen molar-refractivity contribution >= 4 is 14.0 Å². The minimum absolute atomic E-state index is 0.0464. The van der Waals surface area contributed by atoms with E-state index in [9.17, 15) is 4.57 Å². The Labute approximate surface area is 65.5 Å². The van der Waals surface area contributed by atoms with E-state index in [1.54, 1.807) is 13.8 Å². The Balaban J connectivity index is 4.14. The fourth-order valence-electron chi connectivity index (χ4n) is 0.273. The summed E-state index contributed by atoms with van der Waals surface area (Å²) in [5.41, 5.74) is 12.6. The summed E-state index contributed by atoms with van der Waals surface area (Å²) >= 11 is 0. The van der Waals surface area contributed by atoms with Crippen LogP contribution in [0.2, 0.25) is 0 Å². The summed E-state index contributed by atoms with van der Waals surface area (Å²) in [6.07, 6.45) is 0. The van der Waals surface area contributed by atoms with Crippen LogP contribution in [0.5, 0.6) is 0 Å². The van der Waals surface area contributed by atoms with Gasteiger partial charge in [0.05, 0.1) is 0 Å². The van der Waals surface area contributed by atoms with Crippen molar-refractivity contribution in [1.29, 1.82) is 0 Å². The fourth-order valence-corrected chi connectivity index (χ4v) is 0.424. The van der Waals surface area contributed by atoms with E-state index in [1.807, 2.05) is 0 Å². The Hall–Kier alpha value is -0.870. The van der Waals surface area contributed by atoms with E-state index in [2.05, 4.69) is 10.5 Å². The fraction of sp³-hybridized carbons (Fsp3) is 0.750. The molecule has 0 spiro atoms. The van der Waals surface area contributed by atoms with Gasteiger partial charge in [0.2, 0.25) is 0 Å². The molecule has 0 radical (unpaired) electrons. The van der Waals surface area contributed by atoms with Gasteiger partial charge in [-0.05, 0) is 4.57 Å². The summed E-state index contributed by atoms with van der Waals surface area (Å²) in [6.45, 7) is 3.09. The Morgan fingerprint density at radius 3 is 2.36 bits per heavy atom. The molecule has 1 unspecified atom stereocenters.